The molecule has 1 aromatic carbocycles. The summed E-state index contributed by atoms with van der Waals surface area (Å²) in [5, 5.41) is 13.0. The molecule has 1 aromatic heterocycles. The number of fused-ring (bicyclic) bond motifs is 1. The normalized spacial score (nSPS) is 16.8. The minimum absolute atomic E-state index is 0. The van der Waals surface area contributed by atoms with Gasteiger partial charge in [-0.05, 0) is 11.6 Å². The van der Waals surface area contributed by atoms with Gasteiger partial charge in [-0.2, -0.15) is 0 Å². The van der Waals surface area contributed by atoms with Gasteiger partial charge in [-0.15, -0.1) is 45.3 Å². The summed E-state index contributed by atoms with van der Waals surface area (Å²) in [6.07, 6.45) is 0. The predicted octanol–water partition coefficient (Wildman–Crippen LogP) is 2.96. The number of nitrogens with one attached hydrogen (secondary N) is 1. The van der Waals surface area contributed by atoms with Crippen LogP contribution in [0, 0.1) is 5.82 Å². The molecule has 0 saturated heterocycles. The van der Waals surface area contributed by atoms with Crippen molar-refractivity contribution in [2.75, 3.05) is 12.3 Å². The van der Waals surface area contributed by atoms with E-state index in [1.807, 2.05) is 0 Å². The van der Waals surface area contributed by atoms with Crippen molar-refractivity contribution < 1.29 is 9.50 Å². The van der Waals surface area contributed by atoms with Crippen LogP contribution >= 0.6 is 45.3 Å². The van der Waals surface area contributed by atoms with E-state index < -0.39 is 5.82 Å². The van der Waals surface area contributed by atoms with Crippen molar-refractivity contribution in [2.45, 2.75) is 12.5 Å². The Hall–Kier alpha value is -0.700. The number of nitrogens with two attached hydrogens (primary N) is 1. The first kappa shape index (κ1) is 17.4. The number of hydrogen-bond acceptors (Lipinski definition) is 5. The van der Waals surface area contributed by atoms with E-state index in [1.165, 1.54) is 17.4 Å². The Morgan fingerprint density at radius 2 is 2.15 bits per heavy atom. The maximum atomic E-state index is 13.9. The number of nitrogen functional groups attached to an aromatic ring is 1. The summed E-state index contributed by atoms with van der Waals surface area (Å²) in [5.74, 6) is -0.560. The second-order valence-electron chi connectivity index (χ2n) is 4.25. The molecule has 4 N–H and O–H groups in total. The first-order valence-corrected chi connectivity index (χ1v) is 6.41. The zero-order valence-corrected chi connectivity index (χ0v) is 14.5. The minimum atomic E-state index is -0.401. The van der Waals surface area contributed by atoms with Gasteiger partial charge in [0.1, 0.15) is 11.6 Å². The zero-order chi connectivity index (χ0) is 12.7. The number of hydrogen-bond donors (Lipinski definition) is 3. The molecule has 2 aromatic rings. The van der Waals surface area contributed by atoms with Crippen LogP contribution in [0.2, 0.25) is 0 Å². The SMILES string of the molecule is Br.Br.Nc1nc2c(s1)C(c1ccc(O)cc1F)CNC2. The molecule has 0 saturated carbocycles. The highest BCUT2D eigenvalue weighted by Gasteiger charge is 2.27. The largest absolute Gasteiger partial charge is 0.508 e. The van der Waals surface area contributed by atoms with Gasteiger partial charge in [0.15, 0.2) is 5.13 Å². The first-order chi connectivity index (χ1) is 8.65. The van der Waals surface area contributed by atoms with E-state index in [9.17, 15) is 9.50 Å². The number of anilines is 1. The van der Waals surface area contributed by atoms with Crippen LogP contribution in [-0.2, 0) is 6.54 Å². The van der Waals surface area contributed by atoms with Crippen molar-refractivity contribution in [1.82, 2.24) is 10.3 Å². The van der Waals surface area contributed by atoms with Crippen molar-refractivity contribution in [3.8, 4) is 5.75 Å². The molecule has 8 heteroatoms. The van der Waals surface area contributed by atoms with E-state index in [0.29, 0.717) is 23.8 Å². The topological polar surface area (TPSA) is 71.2 Å². The maximum Gasteiger partial charge on any atom is 0.180 e. The number of aromatic nitrogens is 1. The van der Waals surface area contributed by atoms with E-state index >= 15 is 0 Å². The third-order valence-electron chi connectivity index (χ3n) is 3.06. The highest BCUT2D eigenvalue weighted by molar-refractivity contribution is 8.93. The molecule has 0 bridgehead atoms. The van der Waals surface area contributed by atoms with Gasteiger partial charge < -0.3 is 16.2 Å². The fourth-order valence-electron chi connectivity index (χ4n) is 2.26. The molecular weight excluding hydrogens is 413 g/mol. The number of rotatable bonds is 1. The lowest BCUT2D eigenvalue weighted by Crippen LogP contribution is -2.28. The molecule has 0 amide bonds. The Labute approximate surface area is 140 Å². The van der Waals surface area contributed by atoms with Gasteiger partial charge in [-0.3, -0.25) is 0 Å². The lowest BCUT2D eigenvalue weighted by molar-refractivity contribution is 0.466. The van der Waals surface area contributed by atoms with Gasteiger partial charge in [0.05, 0.1) is 5.69 Å². The molecule has 0 aliphatic carbocycles. The van der Waals surface area contributed by atoms with Gasteiger partial charge in [0.25, 0.3) is 0 Å². The number of aromatic hydroxyl groups is 1. The fourth-order valence-corrected chi connectivity index (χ4v) is 3.23. The fraction of sp³-hybridized carbons (Fsp3) is 0.250. The molecule has 1 unspecified atom stereocenters. The molecule has 3 rings (SSSR count). The third kappa shape index (κ3) is 3.13. The Kier molecular flexibility index (Phi) is 5.93. The van der Waals surface area contributed by atoms with Crippen molar-refractivity contribution in [1.29, 1.82) is 0 Å². The van der Waals surface area contributed by atoms with Gasteiger partial charge in [-0.25, -0.2) is 9.37 Å². The average Bonchev–Trinajstić information content (AvgIpc) is 2.69. The Morgan fingerprint density at radius 3 is 2.85 bits per heavy atom. The van der Waals surface area contributed by atoms with Gasteiger partial charge in [0, 0.05) is 30.0 Å². The molecule has 1 aliphatic rings. The van der Waals surface area contributed by atoms with Crippen LogP contribution in [-0.4, -0.2) is 16.6 Å². The van der Waals surface area contributed by atoms with Crippen LogP contribution in [0.4, 0.5) is 9.52 Å². The van der Waals surface area contributed by atoms with Crippen molar-refractivity contribution in [3.05, 3.63) is 40.2 Å². The molecule has 1 aliphatic heterocycles. The average molecular weight is 427 g/mol. The molecule has 0 spiro atoms. The van der Waals surface area contributed by atoms with E-state index in [2.05, 4.69) is 10.3 Å². The summed E-state index contributed by atoms with van der Waals surface area (Å²) in [4.78, 5) is 5.25. The van der Waals surface area contributed by atoms with Crippen LogP contribution in [0.25, 0.3) is 0 Å². The summed E-state index contributed by atoms with van der Waals surface area (Å²) in [6.45, 7) is 1.32. The number of thiazole rings is 1. The summed E-state index contributed by atoms with van der Waals surface area (Å²) in [6, 6.07) is 4.24. The number of phenols is 1. The summed E-state index contributed by atoms with van der Waals surface area (Å²) in [7, 11) is 0. The van der Waals surface area contributed by atoms with E-state index in [1.54, 1.807) is 6.07 Å². The zero-order valence-electron chi connectivity index (χ0n) is 10.3. The monoisotopic (exact) mass is 425 g/mol. The second-order valence-corrected chi connectivity index (χ2v) is 5.31. The molecule has 110 valence electrons. The lowest BCUT2D eigenvalue weighted by atomic mass is 9.93. The third-order valence-corrected chi connectivity index (χ3v) is 4.10. The van der Waals surface area contributed by atoms with Gasteiger partial charge >= 0.3 is 0 Å². The van der Waals surface area contributed by atoms with Gasteiger partial charge in [0.2, 0.25) is 0 Å². The highest BCUT2D eigenvalue weighted by Crippen LogP contribution is 2.36. The maximum absolute atomic E-state index is 13.9. The van der Waals surface area contributed by atoms with E-state index in [4.69, 9.17) is 5.73 Å². The van der Waals surface area contributed by atoms with Crippen LogP contribution in [0.3, 0.4) is 0 Å². The Bertz CT molecular complexity index is 608. The highest BCUT2D eigenvalue weighted by atomic mass is 79.9. The van der Waals surface area contributed by atoms with Gasteiger partial charge in [-0.1, -0.05) is 6.07 Å². The van der Waals surface area contributed by atoms with Crippen molar-refractivity contribution >= 4 is 50.4 Å². The summed E-state index contributed by atoms with van der Waals surface area (Å²) in [5.41, 5.74) is 7.16. The van der Waals surface area contributed by atoms with Crippen LogP contribution < -0.4 is 11.1 Å². The number of nitrogens with zero attached hydrogens (tertiary/aromatic N) is 1. The molecule has 1 atom stereocenters. The summed E-state index contributed by atoms with van der Waals surface area (Å²) >= 11 is 1.40. The molecule has 2 heterocycles. The van der Waals surface area contributed by atoms with E-state index in [0.717, 1.165) is 16.6 Å². The lowest BCUT2D eigenvalue weighted by Gasteiger charge is -2.23. The Balaban J connectivity index is 0.000001000. The van der Waals surface area contributed by atoms with Crippen molar-refractivity contribution in [3.63, 3.8) is 0 Å². The minimum Gasteiger partial charge on any atom is -0.508 e. The summed E-state index contributed by atoms with van der Waals surface area (Å²) < 4.78 is 13.9. The molecule has 0 fully saturated rings. The van der Waals surface area contributed by atoms with E-state index in [-0.39, 0.29) is 45.6 Å². The number of halogens is 3. The standard InChI is InChI=1S/C12H12FN3OS.2BrH/c13-9-3-6(17)1-2-7(9)8-4-15-5-10-11(8)18-12(14)16-10;;/h1-3,8,15,17H,4-5H2,(H2,14,16);2*1H. The quantitative estimate of drug-likeness (QED) is 0.655. The smallest absolute Gasteiger partial charge is 0.180 e. The Morgan fingerprint density at radius 1 is 1.40 bits per heavy atom. The number of phenolic OH excluding ortho intramolecular Hbond substituents is 1. The number of benzene rings is 1. The first-order valence-electron chi connectivity index (χ1n) is 5.59. The molecule has 20 heavy (non-hydrogen) atoms. The molecule has 0 radical (unpaired) electrons. The predicted molar refractivity (Wildman–Crippen MR) is 88.8 cm³/mol. The van der Waals surface area contributed by atoms with Crippen LogP contribution in [0.5, 0.6) is 5.75 Å². The molecule has 4 nitrogen and oxygen atoms in total. The van der Waals surface area contributed by atoms with Crippen molar-refractivity contribution in [2.24, 2.45) is 0 Å². The van der Waals surface area contributed by atoms with Crippen LogP contribution in [0.1, 0.15) is 22.1 Å². The second kappa shape index (κ2) is 6.84. The van der Waals surface area contributed by atoms with Crippen LogP contribution in [0.15, 0.2) is 18.2 Å². The molecular formula is C12H14Br2FN3OS.